The number of aliphatic carboxylic acids is 1. The number of para-hydroxylation sites is 1. The highest BCUT2D eigenvalue weighted by molar-refractivity contribution is 5.69. The van der Waals surface area contributed by atoms with E-state index in [1.54, 1.807) is 6.07 Å². The Hall–Kier alpha value is -1.51. The molecule has 0 spiro atoms. The van der Waals surface area contributed by atoms with Crippen molar-refractivity contribution in [1.29, 1.82) is 0 Å². The summed E-state index contributed by atoms with van der Waals surface area (Å²) in [5.74, 6) is -0.236. The van der Waals surface area contributed by atoms with Gasteiger partial charge in [0.25, 0.3) is 0 Å². The van der Waals surface area contributed by atoms with E-state index in [-0.39, 0.29) is 5.92 Å². The van der Waals surface area contributed by atoms with Crippen molar-refractivity contribution in [3.8, 4) is 5.75 Å². The van der Waals surface area contributed by atoms with E-state index in [4.69, 9.17) is 5.11 Å². The standard InChI is InChI=1S/C14H18O3/c15-13-7-2-1-6-12(13)10-4-3-5-11(9-8-10)14(16)17/h1-2,6-7,10-11,15H,3-5,8-9H2,(H,16,17). The van der Waals surface area contributed by atoms with Gasteiger partial charge in [-0.2, -0.15) is 0 Å². The van der Waals surface area contributed by atoms with Crippen LogP contribution in [0, 0.1) is 5.92 Å². The summed E-state index contributed by atoms with van der Waals surface area (Å²) in [4.78, 5) is 11.0. The molecule has 2 unspecified atom stereocenters. The molecule has 1 saturated carbocycles. The molecule has 0 aromatic heterocycles. The Morgan fingerprint density at radius 2 is 1.88 bits per heavy atom. The SMILES string of the molecule is O=C(O)C1CCCC(c2ccccc2O)CC1. The Morgan fingerprint density at radius 3 is 2.59 bits per heavy atom. The largest absolute Gasteiger partial charge is 0.508 e. The summed E-state index contributed by atoms with van der Waals surface area (Å²) in [7, 11) is 0. The van der Waals surface area contributed by atoms with Crippen LogP contribution >= 0.6 is 0 Å². The first-order valence-corrected chi connectivity index (χ1v) is 6.19. The van der Waals surface area contributed by atoms with Crippen LogP contribution in [0.15, 0.2) is 24.3 Å². The van der Waals surface area contributed by atoms with Crippen LogP contribution in [0.3, 0.4) is 0 Å². The van der Waals surface area contributed by atoms with E-state index in [2.05, 4.69) is 0 Å². The lowest BCUT2D eigenvalue weighted by atomic mass is 9.90. The number of hydrogen-bond donors (Lipinski definition) is 2. The summed E-state index contributed by atoms with van der Waals surface area (Å²) in [6, 6.07) is 7.39. The number of aromatic hydroxyl groups is 1. The second-order valence-corrected chi connectivity index (χ2v) is 4.80. The topological polar surface area (TPSA) is 57.5 Å². The summed E-state index contributed by atoms with van der Waals surface area (Å²) >= 11 is 0. The number of carboxylic acid groups (broad SMARTS) is 1. The smallest absolute Gasteiger partial charge is 0.306 e. The maximum atomic E-state index is 11.0. The Kier molecular flexibility index (Phi) is 3.67. The molecule has 1 aliphatic rings. The highest BCUT2D eigenvalue weighted by atomic mass is 16.4. The third-order valence-electron chi connectivity index (χ3n) is 3.69. The lowest BCUT2D eigenvalue weighted by molar-refractivity contribution is -0.142. The number of hydrogen-bond acceptors (Lipinski definition) is 2. The molecule has 1 aliphatic carbocycles. The quantitative estimate of drug-likeness (QED) is 0.773. The molecule has 3 heteroatoms. The van der Waals surface area contributed by atoms with Crippen molar-refractivity contribution in [2.24, 2.45) is 5.92 Å². The fourth-order valence-corrected chi connectivity index (χ4v) is 2.69. The zero-order valence-corrected chi connectivity index (χ0v) is 9.80. The molecule has 17 heavy (non-hydrogen) atoms. The van der Waals surface area contributed by atoms with E-state index in [0.29, 0.717) is 18.1 Å². The summed E-state index contributed by atoms with van der Waals surface area (Å²) in [6.07, 6.45) is 4.24. The van der Waals surface area contributed by atoms with Crippen molar-refractivity contribution in [3.63, 3.8) is 0 Å². The van der Waals surface area contributed by atoms with Gasteiger partial charge in [0, 0.05) is 0 Å². The molecule has 3 nitrogen and oxygen atoms in total. The first-order chi connectivity index (χ1) is 8.18. The van der Waals surface area contributed by atoms with Crippen LogP contribution in [0.2, 0.25) is 0 Å². The van der Waals surface area contributed by atoms with Gasteiger partial charge in [-0.3, -0.25) is 4.79 Å². The zero-order valence-electron chi connectivity index (χ0n) is 9.80. The molecule has 0 heterocycles. The van der Waals surface area contributed by atoms with Crippen molar-refractivity contribution in [3.05, 3.63) is 29.8 Å². The first-order valence-electron chi connectivity index (χ1n) is 6.19. The van der Waals surface area contributed by atoms with Crippen LogP contribution in [0.25, 0.3) is 0 Å². The van der Waals surface area contributed by atoms with Gasteiger partial charge >= 0.3 is 5.97 Å². The average Bonchev–Trinajstić information content (AvgIpc) is 2.55. The van der Waals surface area contributed by atoms with Crippen LogP contribution in [0.1, 0.15) is 43.6 Å². The Balaban J connectivity index is 2.09. The van der Waals surface area contributed by atoms with E-state index in [9.17, 15) is 9.90 Å². The van der Waals surface area contributed by atoms with Crippen LogP contribution in [-0.2, 0) is 4.79 Å². The highest BCUT2D eigenvalue weighted by Crippen LogP contribution is 2.37. The number of carboxylic acids is 1. The van der Waals surface area contributed by atoms with E-state index in [0.717, 1.165) is 31.2 Å². The molecule has 1 aromatic carbocycles. The maximum Gasteiger partial charge on any atom is 0.306 e. The van der Waals surface area contributed by atoms with Gasteiger partial charge in [0.1, 0.15) is 5.75 Å². The van der Waals surface area contributed by atoms with E-state index < -0.39 is 5.97 Å². The molecule has 0 saturated heterocycles. The number of rotatable bonds is 2. The molecule has 2 rings (SSSR count). The van der Waals surface area contributed by atoms with Crippen molar-refractivity contribution >= 4 is 5.97 Å². The molecule has 92 valence electrons. The molecule has 0 radical (unpaired) electrons. The number of benzene rings is 1. The summed E-state index contributed by atoms with van der Waals surface area (Å²) in [5, 5.41) is 18.8. The molecule has 2 N–H and O–H groups in total. The summed E-state index contributed by atoms with van der Waals surface area (Å²) in [5.41, 5.74) is 0.971. The second-order valence-electron chi connectivity index (χ2n) is 4.80. The van der Waals surface area contributed by atoms with Crippen molar-refractivity contribution in [2.75, 3.05) is 0 Å². The molecule has 2 atom stereocenters. The lowest BCUT2D eigenvalue weighted by Gasteiger charge is -2.15. The van der Waals surface area contributed by atoms with Gasteiger partial charge < -0.3 is 10.2 Å². The number of phenols is 1. The van der Waals surface area contributed by atoms with Gasteiger partial charge in [0.2, 0.25) is 0 Å². The van der Waals surface area contributed by atoms with Crippen molar-refractivity contribution in [1.82, 2.24) is 0 Å². The van der Waals surface area contributed by atoms with Crippen molar-refractivity contribution in [2.45, 2.75) is 38.0 Å². The van der Waals surface area contributed by atoms with E-state index >= 15 is 0 Å². The third kappa shape index (κ3) is 2.78. The van der Waals surface area contributed by atoms with Crippen LogP contribution in [0.5, 0.6) is 5.75 Å². The number of phenolic OH excluding ortho intramolecular Hbond substituents is 1. The normalized spacial score (nSPS) is 25.2. The third-order valence-corrected chi connectivity index (χ3v) is 3.69. The van der Waals surface area contributed by atoms with Gasteiger partial charge in [-0.05, 0) is 43.2 Å². The maximum absolute atomic E-state index is 11.0. The van der Waals surface area contributed by atoms with Gasteiger partial charge in [-0.15, -0.1) is 0 Å². The van der Waals surface area contributed by atoms with Crippen molar-refractivity contribution < 1.29 is 15.0 Å². The Morgan fingerprint density at radius 1 is 1.12 bits per heavy atom. The summed E-state index contributed by atoms with van der Waals surface area (Å²) < 4.78 is 0. The van der Waals surface area contributed by atoms with Gasteiger partial charge in [0.15, 0.2) is 0 Å². The predicted molar refractivity (Wildman–Crippen MR) is 65.1 cm³/mol. The molecule has 1 fully saturated rings. The van der Waals surface area contributed by atoms with Gasteiger partial charge in [-0.25, -0.2) is 0 Å². The molecular formula is C14H18O3. The molecular weight excluding hydrogens is 216 g/mol. The minimum Gasteiger partial charge on any atom is -0.508 e. The van der Waals surface area contributed by atoms with E-state index in [1.807, 2.05) is 18.2 Å². The molecule has 1 aromatic rings. The Labute approximate surface area is 101 Å². The lowest BCUT2D eigenvalue weighted by Crippen LogP contribution is -2.12. The highest BCUT2D eigenvalue weighted by Gasteiger charge is 2.25. The fraction of sp³-hybridized carbons (Fsp3) is 0.500. The fourth-order valence-electron chi connectivity index (χ4n) is 2.69. The minimum atomic E-state index is -0.678. The van der Waals surface area contributed by atoms with Crippen LogP contribution in [-0.4, -0.2) is 16.2 Å². The second kappa shape index (κ2) is 5.21. The zero-order chi connectivity index (χ0) is 12.3. The minimum absolute atomic E-state index is 0.203. The molecule has 0 aliphatic heterocycles. The van der Waals surface area contributed by atoms with Crippen LogP contribution in [0.4, 0.5) is 0 Å². The summed E-state index contributed by atoms with van der Waals surface area (Å²) in [6.45, 7) is 0. The van der Waals surface area contributed by atoms with Gasteiger partial charge in [-0.1, -0.05) is 24.6 Å². The monoisotopic (exact) mass is 234 g/mol. The van der Waals surface area contributed by atoms with Gasteiger partial charge in [0.05, 0.1) is 5.92 Å². The number of carbonyl (C=O) groups is 1. The van der Waals surface area contributed by atoms with Crippen LogP contribution < -0.4 is 0 Å². The average molecular weight is 234 g/mol. The molecule has 0 bridgehead atoms. The van der Waals surface area contributed by atoms with E-state index in [1.165, 1.54) is 0 Å². The predicted octanol–water partition coefficient (Wildman–Crippen LogP) is 3.14. The Bertz CT molecular complexity index is 400. The first kappa shape index (κ1) is 12.0. The molecule has 0 amide bonds.